The highest BCUT2D eigenvalue weighted by Crippen LogP contribution is 2.24. The quantitative estimate of drug-likeness (QED) is 0.789. The fraction of sp³-hybridized carbons (Fsp3) is 0.235. The van der Waals surface area contributed by atoms with Crippen LogP contribution in [0.3, 0.4) is 0 Å². The monoisotopic (exact) mass is 285 g/mol. The molecule has 0 unspecified atom stereocenters. The SMILES string of the molecule is CC(C)(C)c1ccc(NC(=O)c2cc(O)cc(O)c2)cc1. The van der Waals surface area contributed by atoms with Crippen LogP contribution in [0.1, 0.15) is 36.7 Å². The minimum absolute atomic E-state index is 0.0551. The van der Waals surface area contributed by atoms with Gasteiger partial charge >= 0.3 is 0 Å². The number of carbonyl (C=O) groups is 1. The summed E-state index contributed by atoms with van der Waals surface area (Å²) in [6.45, 7) is 6.36. The molecule has 0 fully saturated rings. The van der Waals surface area contributed by atoms with Gasteiger partial charge in [0.1, 0.15) is 11.5 Å². The Labute approximate surface area is 124 Å². The standard InChI is InChI=1S/C17H19NO3/c1-17(2,3)12-4-6-13(7-5-12)18-16(21)11-8-14(19)10-15(20)9-11/h4-10,19-20H,1-3H3,(H,18,21). The Kier molecular flexibility index (Phi) is 3.89. The summed E-state index contributed by atoms with van der Waals surface area (Å²) in [5.41, 5.74) is 2.10. The molecule has 2 rings (SSSR count). The van der Waals surface area contributed by atoms with E-state index in [0.29, 0.717) is 5.69 Å². The van der Waals surface area contributed by atoms with Gasteiger partial charge in [-0.05, 0) is 35.2 Å². The number of phenolic OH excluding ortho intramolecular Hbond substituents is 2. The lowest BCUT2D eigenvalue weighted by molar-refractivity contribution is 0.102. The summed E-state index contributed by atoms with van der Waals surface area (Å²) in [5.74, 6) is -0.684. The number of rotatable bonds is 2. The summed E-state index contributed by atoms with van der Waals surface area (Å²) in [7, 11) is 0. The number of hydrogen-bond acceptors (Lipinski definition) is 3. The number of phenols is 2. The molecule has 0 aromatic heterocycles. The number of aromatic hydroxyl groups is 2. The highest BCUT2D eigenvalue weighted by molar-refractivity contribution is 6.04. The molecule has 2 aromatic carbocycles. The maximum atomic E-state index is 12.1. The van der Waals surface area contributed by atoms with Crippen LogP contribution in [0.4, 0.5) is 5.69 Å². The molecule has 0 bridgehead atoms. The highest BCUT2D eigenvalue weighted by atomic mass is 16.3. The second kappa shape index (κ2) is 5.48. The second-order valence-corrected chi connectivity index (χ2v) is 6.02. The lowest BCUT2D eigenvalue weighted by atomic mass is 9.87. The van der Waals surface area contributed by atoms with E-state index in [1.165, 1.54) is 23.8 Å². The zero-order valence-electron chi connectivity index (χ0n) is 12.3. The molecule has 110 valence electrons. The van der Waals surface area contributed by atoms with E-state index in [4.69, 9.17) is 0 Å². The summed E-state index contributed by atoms with van der Waals surface area (Å²) in [5, 5.41) is 21.5. The first-order valence-electron chi connectivity index (χ1n) is 6.70. The number of hydrogen-bond donors (Lipinski definition) is 3. The molecule has 0 radical (unpaired) electrons. The maximum absolute atomic E-state index is 12.1. The number of benzene rings is 2. The van der Waals surface area contributed by atoms with Crippen molar-refractivity contribution >= 4 is 11.6 Å². The first-order valence-corrected chi connectivity index (χ1v) is 6.70. The third-order valence-corrected chi connectivity index (χ3v) is 3.17. The van der Waals surface area contributed by atoms with E-state index in [1.54, 1.807) is 0 Å². The molecule has 0 heterocycles. The van der Waals surface area contributed by atoms with E-state index in [9.17, 15) is 15.0 Å². The Morgan fingerprint density at radius 1 is 0.952 bits per heavy atom. The Hall–Kier alpha value is -2.49. The largest absolute Gasteiger partial charge is 0.508 e. The van der Waals surface area contributed by atoms with E-state index in [1.807, 2.05) is 24.3 Å². The van der Waals surface area contributed by atoms with Crippen LogP contribution in [0.2, 0.25) is 0 Å². The van der Waals surface area contributed by atoms with Crippen molar-refractivity contribution in [3.63, 3.8) is 0 Å². The van der Waals surface area contributed by atoms with E-state index in [0.717, 1.165) is 0 Å². The van der Waals surface area contributed by atoms with Crippen molar-refractivity contribution in [1.29, 1.82) is 0 Å². The van der Waals surface area contributed by atoms with Gasteiger partial charge in [-0.15, -0.1) is 0 Å². The van der Waals surface area contributed by atoms with Crippen molar-refractivity contribution in [2.75, 3.05) is 5.32 Å². The summed E-state index contributed by atoms with van der Waals surface area (Å²) in [6.07, 6.45) is 0. The summed E-state index contributed by atoms with van der Waals surface area (Å²) in [6, 6.07) is 11.4. The number of nitrogens with one attached hydrogen (secondary N) is 1. The highest BCUT2D eigenvalue weighted by Gasteiger charge is 2.14. The summed E-state index contributed by atoms with van der Waals surface area (Å²) in [4.78, 5) is 12.1. The Morgan fingerprint density at radius 2 is 1.48 bits per heavy atom. The molecule has 1 amide bonds. The van der Waals surface area contributed by atoms with E-state index in [2.05, 4.69) is 26.1 Å². The van der Waals surface area contributed by atoms with Crippen molar-refractivity contribution in [2.24, 2.45) is 0 Å². The average molecular weight is 285 g/mol. The van der Waals surface area contributed by atoms with Crippen LogP contribution in [-0.2, 0) is 5.41 Å². The molecule has 0 saturated heterocycles. The topological polar surface area (TPSA) is 69.6 Å². The molecule has 3 N–H and O–H groups in total. The first kappa shape index (κ1) is 14.9. The van der Waals surface area contributed by atoms with Gasteiger partial charge in [0.15, 0.2) is 0 Å². The molecular weight excluding hydrogens is 266 g/mol. The van der Waals surface area contributed by atoms with Gasteiger partial charge in [0.2, 0.25) is 0 Å². The molecule has 0 spiro atoms. The van der Waals surface area contributed by atoms with Crippen molar-refractivity contribution in [3.05, 3.63) is 53.6 Å². The summed E-state index contributed by atoms with van der Waals surface area (Å²) >= 11 is 0. The van der Waals surface area contributed by atoms with Crippen LogP contribution in [0.15, 0.2) is 42.5 Å². The minimum Gasteiger partial charge on any atom is -0.508 e. The number of amides is 1. The van der Waals surface area contributed by atoms with Crippen LogP contribution >= 0.6 is 0 Å². The Bertz CT molecular complexity index is 634. The Balaban J connectivity index is 2.16. The fourth-order valence-electron chi connectivity index (χ4n) is 1.98. The van der Waals surface area contributed by atoms with Crippen LogP contribution in [0.5, 0.6) is 11.5 Å². The van der Waals surface area contributed by atoms with Crippen LogP contribution < -0.4 is 5.32 Å². The van der Waals surface area contributed by atoms with Crippen molar-refractivity contribution < 1.29 is 15.0 Å². The normalized spacial score (nSPS) is 11.2. The lowest BCUT2D eigenvalue weighted by Gasteiger charge is -2.19. The molecule has 4 nitrogen and oxygen atoms in total. The van der Waals surface area contributed by atoms with Gasteiger partial charge < -0.3 is 15.5 Å². The van der Waals surface area contributed by atoms with Crippen molar-refractivity contribution in [3.8, 4) is 11.5 Å². The van der Waals surface area contributed by atoms with Crippen LogP contribution in [0, 0.1) is 0 Å². The lowest BCUT2D eigenvalue weighted by Crippen LogP contribution is -2.13. The smallest absolute Gasteiger partial charge is 0.255 e. The second-order valence-electron chi connectivity index (χ2n) is 6.02. The van der Waals surface area contributed by atoms with Crippen LogP contribution in [0.25, 0.3) is 0 Å². The maximum Gasteiger partial charge on any atom is 0.255 e. The molecular formula is C17H19NO3. The van der Waals surface area contributed by atoms with Gasteiger partial charge in [-0.1, -0.05) is 32.9 Å². The van der Waals surface area contributed by atoms with Gasteiger partial charge in [-0.3, -0.25) is 4.79 Å². The molecule has 0 atom stereocenters. The van der Waals surface area contributed by atoms with Crippen molar-refractivity contribution in [1.82, 2.24) is 0 Å². The zero-order valence-corrected chi connectivity index (χ0v) is 12.3. The molecule has 0 aliphatic carbocycles. The van der Waals surface area contributed by atoms with Crippen molar-refractivity contribution in [2.45, 2.75) is 26.2 Å². The summed E-state index contributed by atoms with van der Waals surface area (Å²) < 4.78 is 0. The van der Waals surface area contributed by atoms with Gasteiger partial charge in [0.25, 0.3) is 5.91 Å². The molecule has 0 saturated carbocycles. The Morgan fingerprint density at radius 3 is 1.95 bits per heavy atom. The predicted molar refractivity (Wildman–Crippen MR) is 82.9 cm³/mol. The van der Waals surface area contributed by atoms with E-state index >= 15 is 0 Å². The molecule has 2 aromatic rings. The molecule has 0 aliphatic heterocycles. The first-order chi connectivity index (χ1) is 9.75. The van der Waals surface area contributed by atoms with E-state index < -0.39 is 0 Å². The molecule has 4 heteroatoms. The zero-order chi connectivity index (χ0) is 15.6. The van der Waals surface area contributed by atoms with E-state index in [-0.39, 0.29) is 28.4 Å². The average Bonchev–Trinajstić information content (AvgIpc) is 2.37. The number of anilines is 1. The van der Waals surface area contributed by atoms with Gasteiger partial charge in [0.05, 0.1) is 0 Å². The third-order valence-electron chi connectivity index (χ3n) is 3.17. The predicted octanol–water partition coefficient (Wildman–Crippen LogP) is 3.65. The van der Waals surface area contributed by atoms with Gasteiger partial charge in [-0.2, -0.15) is 0 Å². The fourth-order valence-corrected chi connectivity index (χ4v) is 1.98. The van der Waals surface area contributed by atoms with Crippen LogP contribution in [-0.4, -0.2) is 16.1 Å². The molecule has 21 heavy (non-hydrogen) atoms. The minimum atomic E-state index is -0.385. The van der Waals surface area contributed by atoms with Gasteiger partial charge in [-0.25, -0.2) is 0 Å². The number of carbonyl (C=O) groups excluding carboxylic acids is 1. The molecule has 0 aliphatic rings. The third kappa shape index (κ3) is 3.75. The van der Waals surface area contributed by atoms with Gasteiger partial charge in [0, 0.05) is 17.3 Å².